The van der Waals surface area contributed by atoms with Crippen molar-refractivity contribution in [2.24, 2.45) is 5.92 Å². The minimum absolute atomic E-state index is 0.167. The standard InChI is InChI=1S/C15H29NO4/c1-6-9-10-16(15(18)20-8-3)13(12(4)5)11-14(17)19-7-2/h12-13H,6-11H2,1-5H3. The van der Waals surface area contributed by atoms with Crippen LogP contribution >= 0.6 is 0 Å². The van der Waals surface area contributed by atoms with Gasteiger partial charge in [-0.25, -0.2) is 4.79 Å². The first-order valence-electron chi connectivity index (χ1n) is 7.56. The lowest BCUT2D eigenvalue weighted by atomic mass is 9.99. The van der Waals surface area contributed by atoms with Gasteiger partial charge in [0.15, 0.2) is 0 Å². The second kappa shape index (κ2) is 10.5. The lowest BCUT2D eigenvalue weighted by Crippen LogP contribution is -2.45. The highest BCUT2D eigenvalue weighted by Crippen LogP contribution is 2.18. The molecule has 5 nitrogen and oxygen atoms in total. The Morgan fingerprint density at radius 2 is 1.65 bits per heavy atom. The third kappa shape index (κ3) is 6.78. The molecule has 0 spiro atoms. The van der Waals surface area contributed by atoms with Crippen molar-refractivity contribution in [3.05, 3.63) is 0 Å². The number of amides is 1. The van der Waals surface area contributed by atoms with E-state index >= 15 is 0 Å². The van der Waals surface area contributed by atoms with Crippen molar-refractivity contribution < 1.29 is 19.1 Å². The second-order valence-corrected chi connectivity index (χ2v) is 5.07. The van der Waals surface area contributed by atoms with Crippen LogP contribution in [-0.4, -0.2) is 42.8 Å². The van der Waals surface area contributed by atoms with E-state index in [1.807, 2.05) is 13.8 Å². The smallest absolute Gasteiger partial charge is 0.410 e. The Morgan fingerprint density at radius 1 is 1.05 bits per heavy atom. The number of unbranched alkanes of at least 4 members (excludes halogenated alkanes) is 1. The lowest BCUT2D eigenvalue weighted by molar-refractivity contribution is -0.144. The minimum atomic E-state index is -0.344. The van der Waals surface area contributed by atoms with Gasteiger partial charge in [0.05, 0.1) is 19.6 Å². The number of hydrogen-bond acceptors (Lipinski definition) is 4. The van der Waals surface area contributed by atoms with Crippen LogP contribution in [0.25, 0.3) is 0 Å². The molecule has 0 saturated heterocycles. The van der Waals surface area contributed by atoms with Crippen LogP contribution in [0.5, 0.6) is 0 Å². The van der Waals surface area contributed by atoms with Crippen molar-refractivity contribution in [3.8, 4) is 0 Å². The number of carbonyl (C=O) groups excluding carboxylic acids is 2. The summed E-state index contributed by atoms with van der Waals surface area (Å²) >= 11 is 0. The molecule has 5 heteroatoms. The Kier molecular flexibility index (Phi) is 9.86. The van der Waals surface area contributed by atoms with Crippen molar-refractivity contribution >= 4 is 12.1 Å². The van der Waals surface area contributed by atoms with E-state index in [1.165, 1.54) is 0 Å². The molecule has 0 N–H and O–H groups in total. The molecule has 0 bridgehead atoms. The number of ether oxygens (including phenoxy) is 2. The number of hydrogen-bond donors (Lipinski definition) is 0. The summed E-state index contributed by atoms with van der Waals surface area (Å²) in [6, 6.07) is -0.181. The molecule has 0 aliphatic rings. The molecular formula is C15H29NO4. The Bertz CT molecular complexity index is 292. The molecule has 20 heavy (non-hydrogen) atoms. The summed E-state index contributed by atoms with van der Waals surface area (Å²) in [4.78, 5) is 25.5. The van der Waals surface area contributed by atoms with Gasteiger partial charge in [-0.2, -0.15) is 0 Å². The molecule has 1 amide bonds. The highest BCUT2D eigenvalue weighted by Gasteiger charge is 2.29. The van der Waals surface area contributed by atoms with Gasteiger partial charge in [-0.15, -0.1) is 0 Å². The van der Waals surface area contributed by atoms with Gasteiger partial charge in [0.1, 0.15) is 0 Å². The molecule has 0 radical (unpaired) electrons. The first-order valence-corrected chi connectivity index (χ1v) is 7.56. The molecule has 0 fully saturated rings. The Morgan fingerprint density at radius 3 is 2.10 bits per heavy atom. The summed E-state index contributed by atoms with van der Waals surface area (Å²) in [7, 11) is 0. The average molecular weight is 287 g/mol. The van der Waals surface area contributed by atoms with E-state index in [1.54, 1.807) is 18.7 Å². The van der Waals surface area contributed by atoms with Crippen LogP contribution in [0.3, 0.4) is 0 Å². The fourth-order valence-electron chi connectivity index (χ4n) is 2.02. The van der Waals surface area contributed by atoms with Crippen molar-refractivity contribution in [3.63, 3.8) is 0 Å². The lowest BCUT2D eigenvalue weighted by Gasteiger charge is -2.33. The molecule has 1 atom stereocenters. The molecular weight excluding hydrogens is 258 g/mol. The maximum atomic E-state index is 12.1. The third-order valence-electron chi connectivity index (χ3n) is 3.11. The van der Waals surface area contributed by atoms with Gasteiger partial charge >= 0.3 is 12.1 Å². The van der Waals surface area contributed by atoms with E-state index in [-0.39, 0.29) is 30.4 Å². The molecule has 1 unspecified atom stereocenters. The van der Waals surface area contributed by atoms with Crippen LogP contribution in [0.15, 0.2) is 0 Å². The summed E-state index contributed by atoms with van der Waals surface area (Å²) in [5.74, 6) is -0.0994. The van der Waals surface area contributed by atoms with Gasteiger partial charge in [0.2, 0.25) is 0 Å². The molecule has 0 rings (SSSR count). The monoisotopic (exact) mass is 287 g/mol. The van der Waals surface area contributed by atoms with Gasteiger partial charge in [0.25, 0.3) is 0 Å². The van der Waals surface area contributed by atoms with Crippen LogP contribution < -0.4 is 0 Å². The molecule has 118 valence electrons. The third-order valence-corrected chi connectivity index (χ3v) is 3.11. The van der Waals surface area contributed by atoms with Crippen LogP contribution in [0.1, 0.15) is 53.9 Å². The topological polar surface area (TPSA) is 55.8 Å². The van der Waals surface area contributed by atoms with Crippen LogP contribution in [-0.2, 0) is 14.3 Å². The summed E-state index contributed by atoms with van der Waals surface area (Å²) in [5, 5.41) is 0. The summed E-state index contributed by atoms with van der Waals surface area (Å²) in [6.07, 6.45) is 1.75. The Balaban J connectivity index is 4.90. The van der Waals surface area contributed by atoms with Crippen molar-refractivity contribution in [2.75, 3.05) is 19.8 Å². The molecule has 0 heterocycles. The van der Waals surface area contributed by atoms with E-state index in [4.69, 9.17) is 9.47 Å². The maximum absolute atomic E-state index is 12.1. The van der Waals surface area contributed by atoms with E-state index in [9.17, 15) is 9.59 Å². The van der Waals surface area contributed by atoms with Crippen LogP contribution in [0.2, 0.25) is 0 Å². The predicted molar refractivity (Wildman–Crippen MR) is 78.5 cm³/mol. The quantitative estimate of drug-likeness (QED) is 0.611. The molecule has 0 aromatic rings. The number of rotatable bonds is 9. The number of esters is 1. The van der Waals surface area contributed by atoms with Crippen LogP contribution in [0, 0.1) is 5.92 Å². The zero-order valence-electron chi connectivity index (χ0n) is 13.5. The van der Waals surface area contributed by atoms with Crippen molar-refractivity contribution in [2.45, 2.75) is 59.9 Å². The number of carbonyl (C=O) groups is 2. The molecule has 0 aliphatic heterocycles. The zero-order chi connectivity index (χ0) is 15.5. The zero-order valence-corrected chi connectivity index (χ0v) is 13.5. The van der Waals surface area contributed by atoms with Gasteiger partial charge < -0.3 is 14.4 Å². The minimum Gasteiger partial charge on any atom is -0.466 e. The summed E-state index contributed by atoms with van der Waals surface area (Å²) in [5.41, 5.74) is 0. The second-order valence-electron chi connectivity index (χ2n) is 5.07. The van der Waals surface area contributed by atoms with Crippen molar-refractivity contribution in [1.29, 1.82) is 0 Å². The largest absolute Gasteiger partial charge is 0.466 e. The van der Waals surface area contributed by atoms with E-state index in [0.717, 1.165) is 12.8 Å². The van der Waals surface area contributed by atoms with Gasteiger partial charge in [-0.1, -0.05) is 27.2 Å². The first-order chi connectivity index (χ1) is 9.47. The Labute approximate surface area is 122 Å². The SMILES string of the molecule is CCCCN(C(=O)OCC)C(CC(=O)OCC)C(C)C. The van der Waals surface area contributed by atoms with E-state index in [2.05, 4.69) is 6.92 Å². The van der Waals surface area contributed by atoms with Crippen LogP contribution in [0.4, 0.5) is 4.79 Å². The fourth-order valence-corrected chi connectivity index (χ4v) is 2.02. The molecule has 0 aromatic heterocycles. The predicted octanol–water partition coefficient (Wildman–Crippen LogP) is 3.22. The highest BCUT2D eigenvalue weighted by molar-refractivity contribution is 5.73. The average Bonchev–Trinajstić information content (AvgIpc) is 2.38. The summed E-state index contributed by atoms with van der Waals surface area (Å²) < 4.78 is 10.1. The van der Waals surface area contributed by atoms with Crippen molar-refractivity contribution in [1.82, 2.24) is 4.90 Å². The van der Waals surface area contributed by atoms with E-state index in [0.29, 0.717) is 19.8 Å². The van der Waals surface area contributed by atoms with Gasteiger partial charge in [-0.3, -0.25) is 4.79 Å². The fraction of sp³-hybridized carbons (Fsp3) is 0.867. The van der Waals surface area contributed by atoms with E-state index < -0.39 is 0 Å². The highest BCUT2D eigenvalue weighted by atomic mass is 16.6. The van der Waals surface area contributed by atoms with Gasteiger partial charge in [-0.05, 0) is 26.2 Å². The first kappa shape index (κ1) is 18.7. The normalized spacial score (nSPS) is 12.1. The Hall–Kier alpha value is -1.26. The summed E-state index contributed by atoms with van der Waals surface area (Å²) in [6.45, 7) is 10.9. The number of nitrogens with zero attached hydrogens (tertiary/aromatic N) is 1. The molecule has 0 aromatic carbocycles. The maximum Gasteiger partial charge on any atom is 0.410 e. The van der Waals surface area contributed by atoms with Gasteiger partial charge in [0, 0.05) is 12.6 Å². The molecule has 0 aliphatic carbocycles. The molecule has 0 saturated carbocycles.